The first-order valence-electron chi connectivity index (χ1n) is 5.25. The second kappa shape index (κ2) is 4.03. The topological polar surface area (TPSA) is 74.0 Å². The summed E-state index contributed by atoms with van der Waals surface area (Å²) in [4.78, 5) is 15.2. The number of aromatic nitrogens is 1. The van der Waals surface area contributed by atoms with E-state index >= 15 is 0 Å². The summed E-state index contributed by atoms with van der Waals surface area (Å²) < 4.78 is 0. The Morgan fingerprint density at radius 1 is 1.38 bits per heavy atom. The summed E-state index contributed by atoms with van der Waals surface area (Å²) in [5, 5.41) is 19.0. The van der Waals surface area contributed by atoms with Gasteiger partial charge >= 0.3 is 0 Å². The van der Waals surface area contributed by atoms with Crippen molar-refractivity contribution in [2.24, 2.45) is 0 Å². The van der Waals surface area contributed by atoms with Crippen LogP contribution < -0.4 is 0 Å². The van der Waals surface area contributed by atoms with Crippen LogP contribution in [0.15, 0.2) is 18.3 Å². The van der Waals surface area contributed by atoms with Crippen LogP contribution in [0.3, 0.4) is 0 Å². The zero-order chi connectivity index (χ0) is 11.6. The third-order valence-corrected chi connectivity index (χ3v) is 3.00. The lowest BCUT2D eigenvalue weighted by atomic mass is 9.81. The number of nitrogens with zero attached hydrogens (tertiary/aromatic N) is 2. The van der Waals surface area contributed by atoms with Gasteiger partial charge in [-0.2, -0.15) is 5.26 Å². The number of aliphatic hydroxyl groups is 1. The molecule has 1 aromatic rings. The van der Waals surface area contributed by atoms with Crippen LogP contribution in [-0.4, -0.2) is 15.9 Å². The molecule has 16 heavy (non-hydrogen) atoms. The van der Waals surface area contributed by atoms with Crippen LogP contribution in [0.1, 0.15) is 36.9 Å². The number of carbonyl (C=O) groups is 1. The quantitative estimate of drug-likeness (QED) is 0.767. The number of pyridine rings is 1. The SMILES string of the molecule is N#Cc1ccc(C2(O)CCC(=O)CC2)nc1. The molecule has 1 heterocycles. The molecular formula is C12H12N2O2. The van der Waals surface area contributed by atoms with E-state index in [-0.39, 0.29) is 5.78 Å². The van der Waals surface area contributed by atoms with E-state index in [9.17, 15) is 9.90 Å². The molecule has 0 aromatic carbocycles. The van der Waals surface area contributed by atoms with E-state index < -0.39 is 5.60 Å². The minimum Gasteiger partial charge on any atom is -0.384 e. The van der Waals surface area contributed by atoms with Gasteiger partial charge in [0.2, 0.25) is 0 Å². The summed E-state index contributed by atoms with van der Waals surface area (Å²) in [6, 6.07) is 5.28. The lowest BCUT2D eigenvalue weighted by molar-refractivity contribution is -0.125. The minimum absolute atomic E-state index is 0.193. The second-order valence-corrected chi connectivity index (χ2v) is 4.11. The van der Waals surface area contributed by atoms with Crippen LogP contribution in [0.25, 0.3) is 0 Å². The Labute approximate surface area is 93.5 Å². The normalized spacial score (nSPS) is 19.1. The number of ketones is 1. The fourth-order valence-electron chi connectivity index (χ4n) is 1.93. The van der Waals surface area contributed by atoms with Crippen LogP contribution >= 0.6 is 0 Å². The highest BCUT2D eigenvalue weighted by molar-refractivity contribution is 5.79. The highest BCUT2D eigenvalue weighted by atomic mass is 16.3. The Kier molecular flexibility index (Phi) is 2.71. The van der Waals surface area contributed by atoms with E-state index in [2.05, 4.69) is 4.98 Å². The Morgan fingerprint density at radius 2 is 2.06 bits per heavy atom. The molecule has 1 aromatic heterocycles. The van der Waals surface area contributed by atoms with Crippen molar-refractivity contribution in [3.63, 3.8) is 0 Å². The Balaban J connectivity index is 2.23. The van der Waals surface area contributed by atoms with Crippen molar-refractivity contribution in [1.29, 1.82) is 5.26 Å². The smallest absolute Gasteiger partial charge is 0.133 e. The zero-order valence-corrected chi connectivity index (χ0v) is 8.81. The van der Waals surface area contributed by atoms with E-state index in [1.54, 1.807) is 12.1 Å². The molecule has 1 aliphatic rings. The number of hydrogen-bond donors (Lipinski definition) is 1. The van der Waals surface area contributed by atoms with Gasteiger partial charge in [-0.05, 0) is 25.0 Å². The standard InChI is InChI=1S/C12H12N2O2/c13-7-9-1-2-11(14-8-9)12(16)5-3-10(15)4-6-12/h1-2,8,16H,3-6H2. The molecule has 0 spiro atoms. The highest BCUT2D eigenvalue weighted by Crippen LogP contribution is 2.34. The molecule has 4 heteroatoms. The van der Waals surface area contributed by atoms with Crippen molar-refractivity contribution >= 4 is 5.78 Å². The van der Waals surface area contributed by atoms with E-state index in [0.717, 1.165) is 0 Å². The third-order valence-electron chi connectivity index (χ3n) is 3.00. The van der Waals surface area contributed by atoms with E-state index in [4.69, 9.17) is 5.26 Å². The van der Waals surface area contributed by atoms with Gasteiger partial charge in [-0.3, -0.25) is 9.78 Å². The molecule has 2 rings (SSSR count). The van der Waals surface area contributed by atoms with Crippen molar-refractivity contribution in [2.75, 3.05) is 0 Å². The Hall–Kier alpha value is -1.73. The van der Waals surface area contributed by atoms with E-state index in [1.807, 2.05) is 6.07 Å². The van der Waals surface area contributed by atoms with Crippen molar-refractivity contribution in [2.45, 2.75) is 31.3 Å². The molecule has 4 nitrogen and oxygen atoms in total. The average Bonchev–Trinajstić information content (AvgIpc) is 2.33. The molecule has 0 saturated heterocycles. The summed E-state index contributed by atoms with van der Waals surface area (Å²) in [6.45, 7) is 0. The number of carbonyl (C=O) groups excluding carboxylic acids is 1. The molecule has 0 atom stereocenters. The van der Waals surface area contributed by atoms with Gasteiger partial charge in [-0.25, -0.2) is 0 Å². The van der Waals surface area contributed by atoms with Gasteiger partial charge in [0.1, 0.15) is 17.5 Å². The molecule has 82 valence electrons. The molecule has 0 aliphatic heterocycles. The summed E-state index contributed by atoms with van der Waals surface area (Å²) >= 11 is 0. The maximum absolute atomic E-state index is 11.1. The van der Waals surface area contributed by atoms with Crippen molar-refractivity contribution in [1.82, 2.24) is 4.98 Å². The maximum Gasteiger partial charge on any atom is 0.133 e. The second-order valence-electron chi connectivity index (χ2n) is 4.11. The summed E-state index contributed by atoms with van der Waals surface area (Å²) in [7, 11) is 0. The van der Waals surface area contributed by atoms with Crippen LogP contribution in [0.4, 0.5) is 0 Å². The van der Waals surface area contributed by atoms with Crippen LogP contribution in [0, 0.1) is 11.3 Å². The average molecular weight is 216 g/mol. The molecule has 1 aliphatic carbocycles. The fraction of sp³-hybridized carbons (Fsp3) is 0.417. The molecule has 0 amide bonds. The van der Waals surface area contributed by atoms with Crippen molar-refractivity contribution in [3.05, 3.63) is 29.6 Å². The summed E-state index contributed by atoms with van der Waals surface area (Å²) in [5.41, 5.74) is 0.0280. The number of nitriles is 1. The van der Waals surface area contributed by atoms with E-state index in [0.29, 0.717) is 36.9 Å². The third kappa shape index (κ3) is 1.95. The predicted octanol–water partition coefficient (Wildman–Crippen LogP) is 1.28. The molecule has 0 unspecified atom stereocenters. The summed E-state index contributed by atoms with van der Waals surface area (Å²) in [6.07, 6.45) is 3.09. The largest absolute Gasteiger partial charge is 0.384 e. The van der Waals surface area contributed by atoms with Gasteiger partial charge in [-0.15, -0.1) is 0 Å². The van der Waals surface area contributed by atoms with Crippen LogP contribution in [0.5, 0.6) is 0 Å². The van der Waals surface area contributed by atoms with E-state index in [1.165, 1.54) is 6.20 Å². The predicted molar refractivity (Wildman–Crippen MR) is 56.3 cm³/mol. The minimum atomic E-state index is -0.998. The monoisotopic (exact) mass is 216 g/mol. The molecule has 0 radical (unpaired) electrons. The van der Waals surface area contributed by atoms with Gasteiger partial charge in [0.05, 0.1) is 11.3 Å². The lowest BCUT2D eigenvalue weighted by Crippen LogP contribution is -2.32. The van der Waals surface area contributed by atoms with Gasteiger partial charge < -0.3 is 5.11 Å². The number of Topliss-reactive ketones (excluding diaryl/α,β-unsaturated/α-hetero) is 1. The van der Waals surface area contributed by atoms with Crippen LogP contribution in [0.2, 0.25) is 0 Å². The first-order valence-corrected chi connectivity index (χ1v) is 5.25. The fourth-order valence-corrected chi connectivity index (χ4v) is 1.93. The Bertz CT molecular complexity index is 435. The maximum atomic E-state index is 11.1. The van der Waals surface area contributed by atoms with Gasteiger partial charge in [-0.1, -0.05) is 0 Å². The molecule has 0 bridgehead atoms. The zero-order valence-electron chi connectivity index (χ0n) is 8.81. The molecule has 1 saturated carbocycles. The van der Waals surface area contributed by atoms with Gasteiger partial charge in [0.15, 0.2) is 0 Å². The van der Waals surface area contributed by atoms with Gasteiger partial charge in [0.25, 0.3) is 0 Å². The van der Waals surface area contributed by atoms with Crippen LogP contribution in [-0.2, 0) is 10.4 Å². The first-order chi connectivity index (χ1) is 7.64. The van der Waals surface area contributed by atoms with Crippen molar-refractivity contribution in [3.8, 4) is 6.07 Å². The molecule has 1 fully saturated rings. The summed E-state index contributed by atoms with van der Waals surface area (Å²) in [5.74, 6) is 0.193. The molecule has 1 N–H and O–H groups in total. The Morgan fingerprint density at radius 3 is 2.56 bits per heavy atom. The van der Waals surface area contributed by atoms with Gasteiger partial charge in [0, 0.05) is 19.0 Å². The first kappa shape index (κ1) is 10.8. The lowest BCUT2D eigenvalue weighted by Gasteiger charge is -2.30. The highest BCUT2D eigenvalue weighted by Gasteiger charge is 2.35. The molecular weight excluding hydrogens is 204 g/mol. The number of rotatable bonds is 1. The number of hydrogen-bond acceptors (Lipinski definition) is 4. The van der Waals surface area contributed by atoms with Crippen molar-refractivity contribution < 1.29 is 9.90 Å².